The molecule has 1 unspecified atom stereocenters. The maximum absolute atomic E-state index is 12.2. The van der Waals surface area contributed by atoms with Crippen molar-refractivity contribution in [2.45, 2.75) is 39.7 Å². The Labute approximate surface area is 133 Å². The molecular formula is C16H19BrO4. The summed E-state index contributed by atoms with van der Waals surface area (Å²) in [7, 11) is 0. The van der Waals surface area contributed by atoms with Crippen LogP contribution < -0.4 is 0 Å². The Morgan fingerprint density at radius 3 is 2.33 bits per heavy atom. The zero-order chi connectivity index (χ0) is 16.2. The smallest absolute Gasteiger partial charge is 0.317 e. The minimum Gasteiger partial charge on any atom is -0.459 e. The summed E-state index contributed by atoms with van der Waals surface area (Å²) in [5.74, 6) is -2.34. The van der Waals surface area contributed by atoms with E-state index in [9.17, 15) is 14.4 Å². The van der Waals surface area contributed by atoms with Crippen LogP contribution in [0.25, 0.3) is 0 Å². The fourth-order valence-corrected chi connectivity index (χ4v) is 2.13. The van der Waals surface area contributed by atoms with Gasteiger partial charge in [-0.15, -0.1) is 0 Å². The lowest BCUT2D eigenvalue weighted by molar-refractivity contribution is -0.161. The maximum atomic E-state index is 12.2. The van der Waals surface area contributed by atoms with Crippen molar-refractivity contribution < 1.29 is 19.1 Å². The van der Waals surface area contributed by atoms with Crippen LogP contribution in [0, 0.1) is 5.92 Å². The average molecular weight is 355 g/mol. The first-order valence-corrected chi connectivity index (χ1v) is 7.41. The second-order valence-corrected chi connectivity index (χ2v) is 6.75. The zero-order valence-corrected chi connectivity index (χ0v) is 14.2. The van der Waals surface area contributed by atoms with Gasteiger partial charge >= 0.3 is 5.97 Å². The Kier molecular flexibility index (Phi) is 5.84. The molecule has 0 saturated heterocycles. The number of halogens is 1. The van der Waals surface area contributed by atoms with E-state index in [1.54, 1.807) is 45.0 Å². The summed E-state index contributed by atoms with van der Waals surface area (Å²) < 4.78 is 5.97. The number of Topliss-reactive ketones (excluding diaryl/α,β-unsaturated/α-hetero) is 2. The van der Waals surface area contributed by atoms with E-state index in [1.807, 2.05) is 0 Å². The third kappa shape index (κ3) is 5.79. The molecule has 4 nitrogen and oxygen atoms in total. The van der Waals surface area contributed by atoms with E-state index in [2.05, 4.69) is 15.9 Å². The van der Waals surface area contributed by atoms with E-state index < -0.39 is 17.5 Å². The Morgan fingerprint density at radius 1 is 1.24 bits per heavy atom. The third-order valence-electron chi connectivity index (χ3n) is 2.72. The second kappa shape index (κ2) is 6.98. The molecule has 5 heteroatoms. The van der Waals surface area contributed by atoms with E-state index >= 15 is 0 Å². The molecule has 1 rings (SSSR count). The highest BCUT2D eigenvalue weighted by molar-refractivity contribution is 9.10. The molecule has 21 heavy (non-hydrogen) atoms. The minimum atomic E-state index is -1.06. The Morgan fingerprint density at radius 2 is 1.86 bits per heavy atom. The van der Waals surface area contributed by atoms with Crippen LogP contribution in [0.4, 0.5) is 0 Å². The summed E-state index contributed by atoms with van der Waals surface area (Å²) in [4.78, 5) is 35.9. The van der Waals surface area contributed by atoms with Crippen molar-refractivity contribution in [2.75, 3.05) is 0 Å². The third-order valence-corrected chi connectivity index (χ3v) is 3.21. The number of carbonyl (C=O) groups excluding carboxylic acids is 3. The highest BCUT2D eigenvalue weighted by Gasteiger charge is 2.31. The van der Waals surface area contributed by atoms with Gasteiger partial charge in [0.2, 0.25) is 0 Å². The SMILES string of the molecule is CC(=O)C(CC(=O)c1cccc(Br)c1)C(=O)OC(C)(C)C. The summed E-state index contributed by atoms with van der Waals surface area (Å²) in [6, 6.07) is 6.84. The van der Waals surface area contributed by atoms with Gasteiger partial charge in [0.1, 0.15) is 17.3 Å². The van der Waals surface area contributed by atoms with Crippen LogP contribution in [0.15, 0.2) is 28.7 Å². The van der Waals surface area contributed by atoms with Gasteiger partial charge in [-0.3, -0.25) is 14.4 Å². The number of ketones is 2. The fraction of sp³-hybridized carbons (Fsp3) is 0.438. The predicted octanol–water partition coefficient (Wildman–Crippen LogP) is 3.57. The molecule has 0 radical (unpaired) electrons. The molecule has 0 N–H and O–H groups in total. The highest BCUT2D eigenvalue weighted by atomic mass is 79.9. The Balaban J connectivity index is 2.86. The van der Waals surface area contributed by atoms with Crippen LogP contribution in [0.3, 0.4) is 0 Å². The number of hydrogen-bond donors (Lipinski definition) is 0. The molecule has 0 saturated carbocycles. The van der Waals surface area contributed by atoms with Crippen LogP contribution in [-0.2, 0) is 14.3 Å². The van der Waals surface area contributed by atoms with Crippen molar-refractivity contribution >= 4 is 33.5 Å². The Hall–Kier alpha value is -1.49. The van der Waals surface area contributed by atoms with Gasteiger partial charge in [0.15, 0.2) is 5.78 Å². The summed E-state index contributed by atoms with van der Waals surface area (Å²) in [6.45, 7) is 6.46. The van der Waals surface area contributed by atoms with Crippen molar-refractivity contribution in [3.63, 3.8) is 0 Å². The van der Waals surface area contributed by atoms with Crippen molar-refractivity contribution in [1.82, 2.24) is 0 Å². The van der Waals surface area contributed by atoms with Gasteiger partial charge in [0, 0.05) is 16.5 Å². The number of esters is 1. The summed E-state index contributed by atoms with van der Waals surface area (Å²) >= 11 is 3.28. The van der Waals surface area contributed by atoms with Crippen molar-refractivity contribution in [2.24, 2.45) is 5.92 Å². The standard InChI is InChI=1S/C16H19BrO4/c1-10(18)13(15(20)21-16(2,3)4)9-14(19)11-6-5-7-12(17)8-11/h5-8,13H,9H2,1-4H3. The summed E-state index contributed by atoms with van der Waals surface area (Å²) in [5, 5.41) is 0. The number of carbonyl (C=O) groups is 3. The highest BCUT2D eigenvalue weighted by Crippen LogP contribution is 2.19. The zero-order valence-electron chi connectivity index (χ0n) is 12.6. The van der Waals surface area contributed by atoms with Gasteiger partial charge in [-0.1, -0.05) is 28.1 Å². The molecule has 114 valence electrons. The summed E-state index contributed by atoms with van der Waals surface area (Å²) in [5.41, 5.74) is -0.233. The maximum Gasteiger partial charge on any atom is 0.317 e. The normalized spacial score (nSPS) is 12.6. The number of benzene rings is 1. The second-order valence-electron chi connectivity index (χ2n) is 5.83. The molecular weight excluding hydrogens is 336 g/mol. The first-order chi connectivity index (χ1) is 9.60. The van der Waals surface area contributed by atoms with Gasteiger partial charge in [-0.2, -0.15) is 0 Å². The van der Waals surface area contributed by atoms with Crippen LogP contribution in [-0.4, -0.2) is 23.1 Å². The fourth-order valence-electron chi connectivity index (χ4n) is 1.73. The van der Waals surface area contributed by atoms with Crippen LogP contribution >= 0.6 is 15.9 Å². The number of rotatable bonds is 5. The first-order valence-electron chi connectivity index (χ1n) is 6.62. The molecule has 0 aliphatic carbocycles. The van der Waals surface area contributed by atoms with Crippen LogP contribution in [0.2, 0.25) is 0 Å². The monoisotopic (exact) mass is 354 g/mol. The van der Waals surface area contributed by atoms with E-state index in [-0.39, 0.29) is 18.0 Å². The molecule has 0 heterocycles. The van der Waals surface area contributed by atoms with Crippen molar-refractivity contribution in [3.8, 4) is 0 Å². The van der Waals surface area contributed by atoms with Gasteiger partial charge in [0.25, 0.3) is 0 Å². The molecule has 1 atom stereocenters. The lowest BCUT2D eigenvalue weighted by Gasteiger charge is -2.22. The van der Waals surface area contributed by atoms with E-state index in [0.29, 0.717) is 5.56 Å². The lowest BCUT2D eigenvalue weighted by atomic mass is 9.95. The molecule has 0 aromatic heterocycles. The molecule has 1 aromatic rings. The van der Waals surface area contributed by atoms with Crippen molar-refractivity contribution in [1.29, 1.82) is 0 Å². The molecule has 0 amide bonds. The van der Waals surface area contributed by atoms with E-state index in [0.717, 1.165) is 4.47 Å². The predicted molar refractivity (Wildman–Crippen MR) is 83.1 cm³/mol. The van der Waals surface area contributed by atoms with E-state index in [1.165, 1.54) is 6.92 Å². The lowest BCUT2D eigenvalue weighted by Crippen LogP contribution is -2.33. The Bertz CT molecular complexity index is 558. The van der Waals surface area contributed by atoms with Gasteiger partial charge < -0.3 is 4.74 Å². The quantitative estimate of drug-likeness (QED) is 0.460. The van der Waals surface area contributed by atoms with Crippen LogP contribution in [0.1, 0.15) is 44.5 Å². The number of hydrogen-bond acceptors (Lipinski definition) is 4. The minimum absolute atomic E-state index is 0.180. The molecule has 1 aromatic carbocycles. The average Bonchev–Trinajstić information content (AvgIpc) is 2.32. The van der Waals surface area contributed by atoms with Gasteiger partial charge in [0.05, 0.1) is 0 Å². The molecule has 0 bridgehead atoms. The van der Waals surface area contributed by atoms with Gasteiger partial charge in [-0.05, 0) is 39.8 Å². The van der Waals surface area contributed by atoms with Crippen molar-refractivity contribution in [3.05, 3.63) is 34.3 Å². The number of ether oxygens (including phenoxy) is 1. The summed E-state index contributed by atoms with van der Waals surface area (Å²) in [6.07, 6.45) is -0.180. The molecule has 0 aliphatic rings. The molecule has 0 aliphatic heterocycles. The molecule has 0 spiro atoms. The van der Waals surface area contributed by atoms with Crippen LogP contribution in [0.5, 0.6) is 0 Å². The topological polar surface area (TPSA) is 60.4 Å². The molecule has 0 fully saturated rings. The van der Waals surface area contributed by atoms with E-state index in [4.69, 9.17) is 4.74 Å². The largest absolute Gasteiger partial charge is 0.459 e. The van der Waals surface area contributed by atoms with Gasteiger partial charge in [-0.25, -0.2) is 0 Å². The first kappa shape index (κ1) is 17.6.